The van der Waals surface area contributed by atoms with E-state index in [4.69, 9.17) is 12.9 Å². The first-order valence-electron chi connectivity index (χ1n) is 16.0. The van der Waals surface area contributed by atoms with E-state index in [-0.39, 0.29) is 44.3 Å². The zero-order valence-corrected chi connectivity index (χ0v) is 32.5. The average molecular weight is 894 g/mol. The van der Waals surface area contributed by atoms with Crippen LogP contribution >= 0.6 is 21.7 Å². The number of nitrogens with one attached hydrogen (secondary N) is 1. The number of phenolic OH excluding ortho intramolecular Hbond substituents is 2. The number of nitrogen functional groups attached to an aromatic ring is 2. The van der Waals surface area contributed by atoms with Crippen LogP contribution in [0.15, 0.2) is 116 Å². The fourth-order valence-corrected chi connectivity index (χ4v) is 8.73. The molecule has 6 rings (SSSR count). The molecule has 0 spiro atoms. The lowest BCUT2D eigenvalue weighted by Crippen LogP contribution is -2.02. The maximum absolute atomic E-state index is 12.8. The van der Waals surface area contributed by atoms with E-state index >= 15 is 0 Å². The predicted octanol–water partition coefficient (Wildman–Crippen LogP) is 9.59. The molecule has 0 aliphatic rings. The quantitative estimate of drug-likeness (QED) is 0.0345. The first-order chi connectivity index (χ1) is 27.9. The minimum absolute atomic E-state index is 0.00196. The number of aromatic hydroxyl groups is 2. The van der Waals surface area contributed by atoms with Gasteiger partial charge in [-0.2, -0.15) is 42.4 Å². The van der Waals surface area contributed by atoms with Crippen molar-refractivity contribution in [3.63, 3.8) is 0 Å². The molecule has 24 nitrogen and oxygen atoms in total. The van der Waals surface area contributed by atoms with Crippen LogP contribution < -0.4 is 11.5 Å². The summed E-state index contributed by atoms with van der Waals surface area (Å²) in [6, 6.07) is 10.2. The Morgan fingerprint density at radius 1 is 0.559 bits per heavy atom. The van der Waals surface area contributed by atoms with Gasteiger partial charge in [-0.25, -0.2) is 5.52 Å². The molecule has 0 heterocycles. The second-order valence-corrected chi connectivity index (χ2v) is 17.8. The number of hydrogen-bond donors (Lipinski definition) is 13. The Balaban J connectivity index is 1.58. The standard InChI is InChI=1S/C31H28N10O14S4/c1-35-39-19-5-3-13-7-23(59(53,54)55)29(31(43)25(13)27(19)33)41-38-15-9-17-16(21(11-15)57(47,48)49)8-14(10-20(17)56(44,45)46)37-40-28-22(58(50,51)52)6-12-2-4-18(36-34)26(32)24(12)30(28)42/h2-11,34,42-43,47-52H,32-33H2,1H3,(H,44,45,46)(H,53,54,55)/i/hD. The molecule has 0 saturated heterocycles. The molecule has 310 valence electrons. The molecule has 15 N–H and O–H groups in total. The molecule has 0 radical (unpaired) electrons. The number of anilines is 2. The van der Waals surface area contributed by atoms with Crippen LogP contribution in [0.2, 0.25) is 1.41 Å². The molecule has 0 unspecified atom stereocenters. The lowest BCUT2D eigenvalue weighted by atomic mass is 10.1. The molecule has 6 aromatic rings. The van der Waals surface area contributed by atoms with Crippen LogP contribution in [0.5, 0.6) is 11.5 Å². The zero-order valence-electron chi connectivity index (χ0n) is 30.2. The van der Waals surface area contributed by atoms with Gasteiger partial charge in [0.2, 0.25) is 1.41 Å². The molecule has 0 bridgehead atoms. The Bertz CT molecular complexity index is 3160. The van der Waals surface area contributed by atoms with Gasteiger partial charge in [0.15, 0.2) is 11.5 Å². The van der Waals surface area contributed by atoms with E-state index < -0.39 is 107 Å². The highest BCUT2D eigenvalue weighted by Gasteiger charge is 2.29. The van der Waals surface area contributed by atoms with Gasteiger partial charge in [0, 0.05) is 17.8 Å². The third-order valence-electron chi connectivity index (χ3n) is 8.43. The summed E-state index contributed by atoms with van der Waals surface area (Å²) in [7, 11) is -18.8. The van der Waals surface area contributed by atoms with Gasteiger partial charge in [-0.1, -0.05) is 12.1 Å². The van der Waals surface area contributed by atoms with Crippen LogP contribution in [0.3, 0.4) is 0 Å². The maximum Gasteiger partial charge on any atom is 0.296 e. The number of nitrogens with two attached hydrogens (primary N) is 2. The molecule has 0 aromatic heterocycles. The van der Waals surface area contributed by atoms with Crippen molar-refractivity contribution < 1.29 is 64.9 Å². The van der Waals surface area contributed by atoms with Crippen LogP contribution in [0.4, 0.5) is 45.5 Å². The van der Waals surface area contributed by atoms with Crippen molar-refractivity contribution in [2.45, 2.75) is 19.6 Å². The van der Waals surface area contributed by atoms with Gasteiger partial charge >= 0.3 is 0 Å². The van der Waals surface area contributed by atoms with E-state index in [0.717, 1.165) is 30.3 Å². The first kappa shape index (κ1) is 41.2. The van der Waals surface area contributed by atoms with Crippen molar-refractivity contribution in [3.8, 4) is 11.5 Å². The van der Waals surface area contributed by atoms with E-state index in [1.807, 2.05) is 0 Å². The largest absolute Gasteiger partial charge is 0.505 e. The number of nitrogens with zero attached hydrogens (tertiary/aromatic N) is 7. The van der Waals surface area contributed by atoms with Crippen molar-refractivity contribution in [1.82, 2.24) is 0 Å². The molecule has 0 amide bonds. The van der Waals surface area contributed by atoms with Gasteiger partial charge in [-0.15, -0.1) is 10.2 Å². The molecular formula is C31H28N10O14S4. The van der Waals surface area contributed by atoms with E-state index in [1.165, 1.54) is 31.3 Å². The van der Waals surface area contributed by atoms with E-state index in [0.29, 0.717) is 6.07 Å². The van der Waals surface area contributed by atoms with Crippen molar-refractivity contribution in [2.24, 2.45) is 35.8 Å². The third kappa shape index (κ3) is 8.05. The molecule has 0 aliphatic heterocycles. The highest BCUT2D eigenvalue weighted by Crippen LogP contribution is 2.56. The summed E-state index contributed by atoms with van der Waals surface area (Å²) < 4.78 is 140. The Hall–Kier alpha value is -6.02. The number of benzene rings is 6. The van der Waals surface area contributed by atoms with Gasteiger partial charge in [0.25, 0.3) is 20.2 Å². The topological polar surface area (TPSA) is 433 Å². The normalized spacial score (nSPS) is 14.2. The highest BCUT2D eigenvalue weighted by molar-refractivity contribution is 8.19. The molecule has 0 aliphatic carbocycles. The summed E-state index contributed by atoms with van der Waals surface area (Å²) in [4.78, 5) is -3.73. The van der Waals surface area contributed by atoms with Gasteiger partial charge in [-0.05, 0) is 59.3 Å². The summed E-state index contributed by atoms with van der Waals surface area (Å²) in [6.45, 7) is 0. The van der Waals surface area contributed by atoms with Gasteiger partial charge in [0.05, 0.1) is 43.3 Å². The number of rotatable bonds is 10. The first-order valence-corrected chi connectivity index (χ1v) is 21.5. The van der Waals surface area contributed by atoms with Crippen molar-refractivity contribution in [3.05, 3.63) is 60.7 Å². The molecule has 0 atom stereocenters. The van der Waals surface area contributed by atoms with Crippen LogP contribution in [0.1, 0.15) is 0 Å². The van der Waals surface area contributed by atoms with Crippen molar-refractivity contribution in [2.75, 3.05) is 18.5 Å². The van der Waals surface area contributed by atoms with Gasteiger partial charge < -0.3 is 49.0 Å². The lowest BCUT2D eigenvalue weighted by molar-refractivity contribution is 0.374. The van der Waals surface area contributed by atoms with Crippen molar-refractivity contribution in [1.29, 1.82) is 5.52 Å². The smallest absolute Gasteiger partial charge is 0.296 e. The van der Waals surface area contributed by atoms with Crippen LogP contribution in [-0.4, -0.2) is 70.5 Å². The van der Waals surface area contributed by atoms with Crippen molar-refractivity contribution >= 4 is 120 Å². The summed E-state index contributed by atoms with van der Waals surface area (Å²) in [5.41, 5.74) is 11.7. The number of phenols is 2. The monoisotopic (exact) mass is 893 g/mol. The molecule has 6 aromatic carbocycles. The molecule has 28 heteroatoms. The fourth-order valence-electron chi connectivity index (χ4n) is 5.93. The van der Waals surface area contributed by atoms with Crippen LogP contribution in [0, 0.1) is 5.52 Å². The predicted molar refractivity (Wildman–Crippen MR) is 215 cm³/mol. The third-order valence-corrected chi connectivity index (χ3v) is 12.0. The Morgan fingerprint density at radius 3 is 1.47 bits per heavy atom. The van der Waals surface area contributed by atoms with Crippen LogP contribution in [-0.2, 0) is 20.2 Å². The average Bonchev–Trinajstić information content (AvgIpc) is 3.13. The SMILES string of the molecule is [2H]N=Nc1ccc2cc(S(O)(O)O)c(N=Nc3cc(S(=O)(=O)O)c4cc(N=Nc5c(S(=O)(=O)O)cc6ccc(N=NC)c(N)c6c5O)cc(S(O)(O)O)c4c3)c(O)c2c1N. The van der Waals surface area contributed by atoms with Gasteiger partial charge in [-0.3, -0.25) is 9.11 Å². The van der Waals surface area contributed by atoms with Gasteiger partial charge in [0.1, 0.15) is 54.3 Å². The van der Waals surface area contributed by atoms with Crippen LogP contribution in [0.25, 0.3) is 32.3 Å². The summed E-state index contributed by atoms with van der Waals surface area (Å²) in [5, 5.41) is 46.8. The number of azo groups is 3. The van der Waals surface area contributed by atoms with E-state index in [1.54, 1.807) is 0 Å². The maximum atomic E-state index is 12.8. The second-order valence-electron chi connectivity index (χ2n) is 12.1. The summed E-state index contributed by atoms with van der Waals surface area (Å²) in [5.74, 6) is -1.85. The highest BCUT2D eigenvalue weighted by atomic mass is 32.3. The second kappa shape index (κ2) is 15.0. The fraction of sp³-hybridized carbons (Fsp3) is 0.0323. The Labute approximate surface area is 335 Å². The minimum Gasteiger partial charge on any atom is -0.505 e. The lowest BCUT2D eigenvalue weighted by Gasteiger charge is -2.23. The minimum atomic E-state index is -5.34. The zero-order chi connectivity index (χ0) is 44.3. The molecule has 59 heavy (non-hydrogen) atoms. The number of fused-ring (bicyclic) bond motifs is 3. The summed E-state index contributed by atoms with van der Waals surface area (Å²) >= 11 is 0. The Morgan fingerprint density at radius 2 is 1.00 bits per heavy atom. The molecule has 0 fully saturated rings. The van der Waals surface area contributed by atoms with E-state index in [9.17, 15) is 63.5 Å². The Kier molecular flexibility index (Phi) is 10.4. The van der Waals surface area contributed by atoms with E-state index in [2.05, 4.69) is 41.3 Å². The molecular weight excluding hydrogens is 865 g/mol. The molecule has 0 saturated carbocycles. The number of hydrogen-bond acceptors (Lipinski definition) is 22. The summed E-state index contributed by atoms with van der Waals surface area (Å²) in [6.07, 6.45) is 0.